The van der Waals surface area contributed by atoms with E-state index < -0.39 is 43.3 Å². The second kappa shape index (κ2) is 9.74. The molecular formula is C18H22F4N6O5. The fourth-order valence-corrected chi connectivity index (χ4v) is 3.04. The molecule has 1 fully saturated rings. The van der Waals surface area contributed by atoms with Crippen molar-refractivity contribution in [2.45, 2.75) is 51.2 Å². The lowest BCUT2D eigenvalue weighted by atomic mass is 10.1. The molecule has 0 aliphatic carbocycles. The standard InChI is InChI=1S/C18H22F4N6O5/c1-8(2)23-17(30)33-12-7-31-15(14(12)19)10-5-13(26-25-10)24-16(29)11-4-9(27-28(11)3)6-32-18(20,21)22/h4-5,8,12,14-15H,6-7H2,1-3H3,(H,23,30)(H2,24,25,26,29)/t12-,14-,15-/m0/s1. The Bertz CT molecular complexity index is 991. The lowest BCUT2D eigenvalue weighted by Crippen LogP contribution is -2.36. The van der Waals surface area contributed by atoms with Crippen molar-refractivity contribution in [1.82, 2.24) is 25.3 Å². The minimum absolute atomic E-state index is 0.0158. The zero-order valence-corrected chi connectivity index (χ0v) is 17.8. The van der Waals surface area contributed by atoms with Crippen LogP contribution in [0.2, 0.25) is 0 Å². The summed E-state index contributed by atoms with van der Waals surface area (Å²) in [4.78, 5) is 24.1. The van der Waals surface area contributed by atoms with Gasteiger partial charge in [-0.15, -0.1) is 13.2 Å². The fourth-order valence-electron chi connectivity index (χ4n) is 3.04. The monoisotopic (exact) mass is 478 g/mol. The Morgan fingerprint density at radius 2 is 2.09 bits per heavy atom. The van der Waals surface area contributed by atoms with Crippen LogP contribution in [-0.2, 0) is 27.9 Å². The minimum Gasteiger partial charge on any atom is -0.441 e. The number of nitrogens with one attached hydrogen (secondary N) is 3. The Hall–Kier alpha value is -3.20. The maximum atomic E-state index is 14.7. The van der Waals surface area contributed by atoms with Gasteiger partial charge in [0.25, 0.3) is 5.91 Å². The third-order valence-electron chi connectivity index (χ3n) is 4.44. The van der Waals surface area contributed by atoms with E-state index in [-0.39, 0.29) is 35.5 Å². The van der Waals surface area contributed by atoms with Crippen LogP contribution < -0.4 is 10.6 Å². The average Bonchev–Trinajstić information content (AvgIpc) is 3.39. The first-order valence-electron chi connectivity index (χ1n) is 9.76. The van der Waals surface area contributed by atoms with Crippen LogP contribution >= 0.6 is 0 Å². The SMILES string of the molecule is CC(C)NC(=O)O[C@H]1CO[C@@H](c2cc(NC(=O)c3cc(COC(F)(F)F)nn3C)n[nH]2)[C@H]1F. The molecule has 0 aromatic carbocycles. The molecule has 0 spiro atoms. The zero-order chi connectivity index (χ0) is 24.3. The summed E-state index contributed by atoms with van der Waals surface area (Å²) < 4.78 is 66.4. The Balaban J connectivity index is 1.59. The molecule has 3 heterocycles. The van der Waals surface area contributed by atoms with Crippen LogP contribution in [0.15, 0.2) is 12.1 Å². The van der Waals surface area contributed by atoms with E-state index in [0.717, 1.165) is 10.7 Å². The molecule has 15 heteroatoms. The van der Waals surface area contributed by atoms with Gasteiger partial charge >= 0.3 is 12.5 Å². The number of amides is 2. The molecule has 182 valence electrons. The minimum atomic E-state index is -4.83. The lowest BCUT2D eigenvalue weighted by molar-refractivity contribution is -0.330. The van der Waals surface area contributed by atoms with Gasteiger partial charge in [0.2, 0.25) is 0 Å². The van der Waals surface area contributed by atoms with E-state index >= 15 is 0 Å². The molecule has 0 radical (unpaired) electrons. The topological polar surface area (TPSA) is 132 Å². The second-order valence-corrected chi connectivity index (χ2v) is 7.48. The number of rotatable bonds is 7. The van der Waals surface area contributed by atoms with Gasteiger partial charge in [0.05, 0.1) is 18.0 Å². The summed E-state index contributed by atoms with van der Waals surface area (Å²) in [5, 5.41) is 15.1. The number of ether oxygens (including phenoxy) is 3. The van der Waals surface area contributed by atoms with Crippen molar-refractivity contribution < 1.29 is 41.4 Å². The van der Waals surface area contributed by atoms with Crippen LogP contribution in [0.1, 0.15) is 41.8 Å². The Kier molecular flexibility index (Phi) is 7.22. The third kappa shape index (κ3) is 6.41. The highest BCUT2D eigenvalue weighted by atomic mass is 19.4. The van der Waals surface area contributed by atoms with Gasteiger partial charge in [0.1, 0.15) is 18.4 Å². The van der Waals surface area contributed by atoms with Gasteiger partial charge in [0, 0.05) is 19.2 Å². The van der Waals surface area contributed by atoms with E-state index in [4.69, 9.17) is 9.47 Å². The largest absolute Gasteiger partial charge is 0.522 e. The molecule has 2 amide bonds. The van der Waals surface area contributed by atoms with Crippen LogP contribution in [0, 0.1) is 0 Å². The fraction of sp³-hybridized carbons (Fsp3) is 0.556. The molecule has 3 atom stereocenters. The zero-order valence-electron chi connectivity index (χ0n) is 17.8. The van der Waals surface area contributed by atoms with E-state index in [9.17, 15) is 27.2 Å². The van der Waals surface area contributed by atoms with Gasteiger partial charge < -0.3 is 20.1 Å². The molecule has 0 unspecified atom stereocenters. The van der Waals surface area contributed by atoms with Crippen LogP contribution in [-0.4, -0.2) is 63.3 Å². The van der Waals surface area contributed by atoms with E-state index in [1.54, 1.807) is 13.8 Å². The summed E-state index contributed by atoms with van der Waals surface area (Å²) in [5.74, 6) is -0.695. The van der Waals surface area contributed by atoms with Gasteiger partial charge in [-0.25, -0.2) is 9.18 Å². The molecule has 2 aromatic heterocycles. The molecule has 0 bridgehead atoms. The van der Waals surface area contributed by atoms with Crippen LogP contribution in [0.5, 0.6) is 0 Å². The predicted octanol–water partition coefficient (Wildman–Crippen LogP) is 2.34. The van der Waals surface area contributed by atoms with Crippen molar-refractivity contribution in [3.05, 3.63) is 29.2 Å². The molecule has 11 nitrogen and oxygen atoms in total. The summed E-state index contributed by atoms with van der Waals surface area (Å²) in [6, 6.07) is 2.28. The highest BCUT2D eigenvalue weighted by Gasteiger charge is 2.42. The van der Waals surface area contributed by atoms with Gasteiger partial charge in [-0.3, -0.25) is 19.3 Å². The van der Waals surface area contributed by atoms with Crippen LogP contribution in [0.25, 0.3) is 0 Å². The maximum Gasteiger partial charge on any atom is 0.522 e. The molecule has 1 aliphatic rings. The molecule has 33 heavy (non-hydrogen) atoms. The van der Waals surface area contributed by atoms with Crippen molar-refractivity contribution in [3.63, 3.8) is 0 Å². The molecule has 1 aliphatic heterocycles. The number of hydrogen-bond acceptors (Lipinski definition) is 7. The number of alkyl carbamates (subject to hydrolysis) is 1. The first-order valence-corrected chi connectivity index (χ1v) is 9.76. The highest BCUT2D eigenvalue weighted by Crippen LogP contribution is 2.33. The molecule has 1 saturated heterocycles. The average molecular weight is 478 g/mol. The van der Waals surface area contributed by atoms with Crippen molar-refractivity contribution in [3.8, 4) is 0 Å². The van der Waals surface area contributed by atoms with E-state index in [2.05, 4.69) is 30.7 Å². The number of carbonyl (C=O) groups excluding carboxylic acids is 2. The first kappa shape index (κ1) is 24.4. The van der Waals surface area contributed by atoms with Gasteiger partial charge in [-0.1, -0.05) is 0 Å². The first-order chi connectivity index (χ1) is 15.4. The molecule has 3 rings (SSSR count). The summed E-state index contributed by atoms with van der Waals surface area (Å²) in [7, 11) is 1.37. The van der Waals surface area contributed by atoms with Crippen molar-refractivity contribution in [1.29, 1.82) is 0 Å². The number of anilines is 1. The Morgan fingerprint density at radius 1 is 1.36 bits per heavy atom. The van der Waals surface area contributed by atoms with E-state index in [0.29, 0.717) is 0 Å². The van der Waals surface area contributed by atoms with Crippen molar-refractivity contribution >= 4 is 17.8 Å². The summed E-state index contributed by atoms with van der Waals surface area (Å²) in [5.41, 5.74) is 0.0396. The highest BCUT2D eigenvalue weighted by molar-refractivity contribution is 6.02. The van der Waals surface area contributed by atoms with Gasteiger partial charge in [0.15, 0.2) is 18.1 Å². The van der Waals surface area contributed by atoms with Gasteiger partial charge in [-0.05, 0) is 19.9 Å². The Morgan fingerprint density at radius 3 is 2.76 bits per heavy atom. The second-order valence-electron chi connectivity index (χ2n) is 7.48. The smallest absolute Gasteiger partial charge is 0.441 e. The normalized spacial score (nSPS) is 20.8. The summed E-state index contributed by atoms with van der Waals surface area (Å²) in [6.45, 7) is 2.43. The number of aromatic amines is 1. The number of aryl methyl sites for hydroxylation is 1. The van der Waals surface area contributed by atoms with Crippen LogP contribution in [0.3, 0.4) is 0 Å². The quantitative estimate of drug-likeness (QED) is 0.521. The number of aromatic nitrogens is 4. The third-order valence-corrected chi connectivity index (χ3v) is 4.44. The Labute approximate surface area is 184 Å². The summed E-state index contributed by atoms with van der Waals surface area (Å²) >= 11 is 0. The molecule has 2 aromatic rings. The van der Waals surface area contributed by atoms with Gasteiger partial charge in [-0.2, -0.15) is 10.2 Å². The lowest BCUT2D eigenvalue weighted by Gasteiger charge is -2.16. The summed E-state index contributed by atoms with van der Waals surface area (Å²) in [6.07, 6.45) is -9.51. The number of halogens is 4. The van der Waals surface area contributed by atoms with Crippen LogP contribution in [0.4, 0.5) is 28.2 Å². The number of H-pyrrole nitrogens is 1. The van der Waals surface area contributed by atoms with E-state index in [1.807, 2.05) is 0 Å². The number of alkyl halides is 4. The predicted molar refractivity (Wildman–Crippen MR) is 103 cm³/mol. The van der Waals surface area contributed by atoms with Crippen molar-refractivity contribution in [2.24, 2.45) is 7.05 Å². The molecule has 0 saturated carbocycles. The molecular weight excluding hydrogens is 456 g/mol. The van der Waals surface area contributed by atoms with Crippen molar-refractivity contribution in [2.75, 3.05) is 11.9 Å². The maximum absolute atomic E-state index is 14.7. The number of hydrogen-bond donors (Lipinski definition) is 3. The molecule has 3 N–H and O–H groups in total. The number of nitrogens with zero attached hydrogens (tertiary/aromatic N) is 3. The number of carbonyl (C=O) groups is 2. The van der Waals surface area contributed by atoms with E-state index in [1.165, 1.54) is 13.1 Å².